The Labute approximate surface area is 122 Å². The van der Waals surface area contributed by atoms with Crippen LogP contribution in [0.15, 0.2) is 30.3 Å². The Kier molecular flexibility index (Phi) is 3.30. The zero-order chi connectivity index (χ0) is 14.3. The molecule has 0 bridgehead atoms. The number of anilines is 1. The van der Waals surface area contributed by atoms with Gasteiger partial charge in [-0.15, -0.1) is 0 Å². The molecule has 1 heterocycles. The molecule has 4 heteroatoms. The number of fused-ring (bicyclic) bond motifs is 1. The van der Waals surface area contributed by atoms with Gasteiger partial charge in [-0.25, -0.2) is 4.39 Å². The van der Waals surface area contributed by atoms with Crippen molar-refractivity contribution in [2.24, 2.45) is 0 Å². The van der Waals surface area contributed by atoms with Crippen LogP contribution in [0.5, 0.6) is 5.75 Å². The summed E-state index contributed by atoms with van der Waals surface area (Å²) in [5.41, 5.74) is 4.21. The van der Waals surface area contributed by atoms with Crippen molar-refractivity contribution in [3.63, 3.8) is 0 Å². The second kappa shape index (κ2) is 4.98. The predicted molar refractivity (Wildman–Crippen MR) is 79.2 cm³/mol. The Balaban J connectivity index is 1.96. The van der Waals surface area contributed by atoms with Crippen molar-refractivity contribution in [1.29, 1.82) is 0 Å². The smallest absolute Gasteiger partial charge is 0.146 e. The van der Waals surface area contributed by atoms with Crippen molar-refractivity contribution in [1.82, 2.24) is 0 Å². The minimum absolute atomic E-state index is 0.102. The molecule has 104 valence electrons. The van der Waals surface area contributed by atoms with Gasteiger partial charge in [-0.2, -0.15) is 0 Å². The fraction of sp³-hybridized carbons (Fsp3) is 0.250. The molecule has 2 aromatic rings. The summed E-state index contributed by atoms with van der Waals surface area (Å²) in [6, 6.07) is 9.15. The van der Waals surface area contributed by atoms with E-state index in [1.165, 1.54) is 17.2 Å². The van der Waals surface area contributed by atoms with Crippen molar-refractivity contribution in [3.05, 3.63) is 57.9 Å². The van der Waals surface area contributed by atoms with E-state index in [2.05, 4.69) is 30.4 Å². The van der Waals surface area contributed by atoms with Crippen LogP contribution >= 0.6 is 11.6 Å². The lowest BCUT2D eigenvalue weighted by atomic mass is 9.99. The average Bonchev–Trinajstić information content (AvgIpc) is 2.42. The molecule has 0 radical (unpaired) electrons. The van der Waals surface area contributed by atoms with E-state index >= 15 is 0 Å². The van der Waals surface area contributed by atoms with E-state index in [-0.39, 0.29) is 11.1 Å². The fourth-order valence-corrected chi connectivity index (χ4v) is 2.61. The molecule has 0 aromatic heterocycles. The Morgan fingerprint density at radius 3 is 2.85 bits per heavy atom. The van der Waals surface area contributed by atoms with Crippen molar-refractivity contribution >= 4 is 17.3 Å². The first-order valence-electron chi connectivity index (χ1n) is 6.51. The van der Waals surface area contributed by atoms with Crippen molar-refractivity contribution < 1.29 is 9.13 Å². The van der Waals surface area contributed by atoms with Gasteiger partial charge in [0.05, 0.1) is 17.3 Å². The van der Waals surface area contributed by atoms with Crippen LogP contribution in [0.3, 0.4) is 0 Å². The Bertz CT molecular complexity index is 672. The minimum Gasteiger partial charge on any atom is -0.482 e. The molecule has 2 aromatic carbocycles. The Morgan fingerprint density at radius 1 is 1.25 bits per heavy atom. The number of ether oxygens (including phenoxy) is 1. The molecule has 0 aliphatic carbocycles. The van der Waals surface area contributed by atoms with Crippen LogP contribution in [0.2, 0.25) is 5.02 Å². The summed E-state index contributed by atoms with van der Waals surface area (Å²) in [6.07, 6.45) is -0.122. The minimum atomic E-state index is -0.464. The van der Waals surface area contributed by atoms with E-state index in [1.807, 2.05) is 6.92 Å². The highest BCUT2D eigenvalue weighted by molar-refractivity contribution is 6.31. The van der Waals surface area contributed by atoms with Gasteiger partial charge in [0.1, 0.15) is 17.7 Å². The number of hydrogen-bond acceptors (Lipinski definition) is 2. The summed E-state index contributed by atoms with van der Waals surface area (Å²) in [4.78, 5) is 0. The van der Waals surface area contributed by atoms with Gasteiger partial charge in [0.15, 0.2) is 0 Å². The maximum absolute atomic E-state index is 13.5. The zero-order valence-corrected chi connectivity index (χ0v) is 12.1. The van der Waals surface area contributed by atoms with Crippen LogP contribution in [0.25, 0.3) is 0 Å². The molecule has 1 N–H and O–H groups in total. The lowest BCUT2D eigenvalue weighted by Crippen LogP contribution is -2.24. The van der Waals surface area contributed by atoms with Crippen LogP contribution < -0.4 is 10.1 Å². The molecular weight excluding hydrogens is 277 g/mol. The summed E-state index contributed by atoms with van der Waals surface area (Å²) >= 11 is 5.77. The maximum atomic E-state index is 13.5. The quantitative estimate of drug-likeness (QED) is 0.826. The van der Waals surface area contributed by atoms with Gasteiger partial charge in [-0.1, -0.05) is 35.4 Å². The molecular formula is C16H15ClFNO. The lowest BCUT2D eigenvalue weighted by Gasteiger charge is -2.29. The van der Waals surface area contributed by atoms with Crippen LogP contribution in [-0.4, -0.2) is 6.54 Å². The predicted octanol–water partition coefficient (Wildman–Crippen LogP) is 4.64. The molecule has 1 atom stereocenters. The summed E-state index contributed by atoms with van der Waals surface area (Å²) in [5, 5.41) is 3.35. The van der Waals surface area contributed by atoms with Crippen LogP contribution in [0.4, 0.5) is 10.1 Å². The van der Waals surface area contributed by atoms with E-state index in [1.54, 1.807) is 6.07 Å². The van der Waals surface area contributed by atoms with Crippen LogP contribution in [0.1, 0.15) is 22.8 Å². The number of hydrogen-bond donors (Lipinski definition) is 1. The van der Waals surface area contributed by atoms with E-state index < -0.39 is 5.82 Å². The van der Waals surface area contributed by atoms with Gasteiger partial charge in [-0.3, -0.25) is 0 Å². The zero-order valence-electron chi connectivity index (χ0n) is 11.3. The second-order valence-electron chi connectivity index (χ2n) is 5.11. The van der Waals surface area contributed by atoms with Crippen LogP contribution in [-0.2, 0) is 0 Å². The molecule has 20 heavy (non-hydrogen) atoms. The number of halogens is 2. The first kappa shape index (κ1) is 13.3. The van der Waals surface area contributed by atoms with E-state index in [0.717, 1.165) is 11.3 Å². The molecule has 0 amide bonds. The SMILES string of the molecule is Cc1ccc(C)c(C2CNc3cc(Cl)c(F)cc3O2)c1. The third-order valence-electron chi connectivity index (χ3n) is 3.55. The van der Waals surface area contributed by atoms with Crippen molar-refractivity contribution in [3.8, 4) is 5.75 Å². The van der Waals surface area contributed by atoms with E-state index in [9.17, 15) is 4.39 Å². The van der Waals surface area contributed by atoms with Gasteiger partial charge < -0.3 is 10.1 Å². The van der Waals surface area contributed by atoms with Crippen molar-refractivity contribution in [2.75, 3.05) is 11.9 Å². The molecule has 0 saturated carbocycles. The van der Waals surface area contributed by atoms with Gasteiger partial charge in [0.2, 0.25) is 0 Å². The second-order valence-corrected chi connectivity index (χ2v) is 5.52. The van der Waals surface area contributed by atoms with E-state index in [0.29, 0.717) is 12.3 Å². The maximum Gasteiger partial charge on any atom is 0.146 e. The molecule has 0 saturated heterocycles. The Hall–Kier alpha value is -1.74. The molecule has 1 aliphatic heterocycles. The number of aryl methyl sites for hydroxylation is 2. The fourth-order valence-electron chi connectivity index (χ4n) is 2.44. The molecule has 0 fully saturated rings. The summed E-state index contributed by atoms with van der Waals surface area (Å²) in [6.45, 7) is 4.74. The molecule has 2 nitrogen and oxygen atoms in total. The molecule has 1 aliphatic rings. The topological polar surface area (TPSA) is 21.3 Å². The third kappa shape index (κ3) is 2.34. The summed E-state index contributed by atoms with van der Waals surface area (Å²) < 4.78 is 19.5. The monoisotopic (exact) mass is 291 g/mol. The summed E-state index contributed by atoms with van der Waals surface area (Å²) in [5.74, 6) is 0.0397. The van der Waals surface area contributed by atoms with Crippen molar-refractivity contribution in [2.45, 2.75) is 20.0 Å². The highest BCUT2D eigenvalue weighted by atomic mass is 35.5. The van der Waals surface area contributed by atoms with Gasteiger partial charge in [0.25, 0.3) is 0 Å². The standard InChI is InChI=1S/C16H15ClFNO/c1-9-3-4-10(2)11(5-9)16-8-19-14-6-12(17)13(18)7-15(14)20-16/h3-7,16,19H,8H2,1-2H3. The lowest BCUT2D eigenvalue weighted by molar-refractivity contribution is 0.209. The highest BCUT2D eigenvalue weighted by Gasteiger charge is 2.23. The van der Waals surface area contributed by atoms with Crippen LogP contribution in [0, 0.1) is 19.7 Å². The molecule has 1 unspecified atom stereocenters. The molecule has 3 rings (SSSR count). The average molecular weight is 292 g/mol. The summed E-state index contributed by atoms with van der Waals surface area (Å²) in [7, 11) is 0. The number of rotatable bonds is 1. The third-order valence-corrected chi connectivity index (χ3v) is 3.84. The normalized spacial score (nSPS) is 17.1. The Morgan fingerprint density at radius 2 is 2.05 bits per heavy atom. The first-order valence-corrected chi connectivity index (χ1v) is 6.89. The van der Waals surface area contributed by atoms with Gasteiger partial charge >= 0.3 is 0 Å². The van der Waals surface area contributed by atoms with E-state index in [4.69, 9.17) is 16.3 Å². The first-order chi connectivity index (χ1) is 9.54. The molecule has 0 spiro atoms. The highest BCUT2D eigenvalue weighted by Crippen LogP contribution is 2.38. The number of nitrogens with one attached hydrogen (secondary N) is 1. The van der Waals surface area contributed by atoms with Gasteiger partial charge in [-0.05, 0) is 31.0 Å². The van der Waals surface area contributed by atoms with Gasteiger partial charge in [0, 0.05) is 6.07 Å². The largest absolute Gasteiger partial charge is 0.482 e. The number of benzene rings is 2.